The van der Waals surface area contributed by atoms with Gasteiger partial charge in [-0.3, -0.25) is 9.69 Å². The zero-order chi connectivity index (χ0) is 17.5. The lowest BCUT2D eigenvalue weighted by Crippen LogP contribution is -2.59. The van der Waals surface area contributed by atoms with E-state index in [1.165, 1.54) is 6.26 Å². The third-order valence-corrected chi connectivity index (χ3v) is 7.44. The Bertz CT molecular complexity index is 592. The minimum Gasteiger partial charge on any atom is -0.368 e. The van der Waals surface area contributed by atoms with Gasteiger partial charge in [0.2, 0.25) is 15.9 Å². The van der Waals surface area contributed by atoms with E-state index in [0.717, 1.165) is 45.2 Å². The maximum Gasteiger partial charge on any atom is 0.237 e. The highest BCUT2D eigenvalue weighted by atomic mass is 32.2. The van der Waals surface area contributed by atoms with Crippen molar-refractivity contribution in [2.75, 3.05) is 39.5 Å². The highest BCUT2D eigenvalue weighted by Gasteiger charge is 2.52. The van der Waals surface area contributed by atoms with Crippen LogP contribution in [0.25, 0.3) is 0 Å². The number of carbonyl (C=O) groups is 1. The molecule has 2 N–H and O–H groups in total. The molecule has 2 unspecified atom stereocenters. The molecule has 0 aromatic heterocycles. The topological polar surface area (TPSA) is 86.9 Å². The normalized spacial score (nSPS) is 35.0. The Hall–Kier alpha value is -0.700. The van der Waals surface area contributed by atoms with Gasteiger partial charge in [-0.2, -0.15) is 0 Å². The molecule has 3 atom stereocenters. The van der Waals surface area contributed by atoms with E-state index in [-0.39, 0.29) is 11.9 Å². The van der Waals surface area contributed by atoms with Gasteiger partial charge in [0.25, 0.3) is 0 Å². The van der Waals surface area contributed by atoms with Crippen molar-refractivity contribution in [3.8, 4) is 0 Å². The van der Waals surface area contributed by atoms with E-state index in [9.17, 15) is 13.2 Å². The Balaban J connectivity index is 1.58. The van der Waals surface area contributed by atoms with Crippen molar-refractivity contribution in [2.45, 2.75) is 49.7 Å². The SMILES string of the molecule is CN(CCN1[C@@H]2C[CH]CC1(C(N)=O)CC2)C1CCN(S(C)(=O)=O)C1. The van der Waals surface area contributed by atoms with E-state index in [4.69, 9.17) is 5.73 Å². The summed E-state index contributed by atoms with van der Waals surface area (Å²) in [7, 11) is -1.06. The molecule has 3 saturated heterocycles. The summed E-state index contributed by atoms with van der Waals surface area (Å²) in [4.78, 5) is 16.6. The monoisotopic (exact) mass is 357 g/mol. The number of likely N-dealkylation sites (N-methyl/N-ethyl adjacent to an activating group) is 1. The van der Waals surface area contributed by atoms with Crippen LogP contribution >= 0.6 is 0 Å². The highest BCUT2D eigenvalue weighted by Crippen LogP contribution is 2.43. The van der Waals surface area contributed by atoms with E-state index in [1.807, 2.05) is 7.05 Å². The van der Waals surface area contributed by atoms with Gasteiger partial charge in [0.15, 0.2) is 0 Å². The fourth-order valence-electron chi connectivity index (χ4n) is 4.61. The molecule has 0 aliphatic carbocycles. The molecule has 3 rings (SSSR count). The minimum absolute atomic E-state index is 0.201. The number of fused-ring (bicyclic) bond motifs is 2. The van der Waals surface area contributed by atoms with Crippen LogP contribution in [0.3, 0.4) is 0 Å². The van der Waals surface area contributed by atoms with Crippen molar-refractivity contribution < 1.29 is 13.2 Å². The number of rotatable bonds is 6. The molecule has 2 bridgehead atoms. The molecule has 3 aliphatic heterocycles. The Labute approximate surface area is 145 Å². The molecule has 24 heavy (non-hydrogen) atoms. The van der Waals surface area contributed by atoms with Crippen LogP contribution in [0.2, 0.25) is 0 Å². The van der Waals surface area contributed by atoms with Crippen molar-refractivity contribution in [1.82, 2.24) is 14.1 Å². The number of sulfonamides is 1. The molecule has 3 aliphatic rings. The lowest BCUT2D eigenvalue weighted by atomic mass is 9.87. The number of piperidine rings is 1. The molecule has 0 spiro atoms. The van der Waals surface area contributed by atoms with Gasteiger partial charge in [0, 0.05) is 38.3 Å². The standard InChI is InChI=1S/C16H29N4O3S/c1-18(14-6-9-19(12-14)24(2,22)23)10-11-20-13-4-3-7-16(20,8-5-13)15(17)21/h3,13-14H,4-12H2,1-2H3,(H2,17,21)/t13-,14?,16?/m1/s1. The summed E-state index contributed by atoms with van der Waals surface area (Å²) in [5.74, 6) is -0.201. The quantitative estimate of drug-likeness (QED) is 0.701. The van der Waals surface area contributed by atoms with Crippen molar-refractivity contribution in [1.29, 1.82) is 0 Å². The number of nitrogens with zero attached hydrogens (tertiary/aromatic N) is 3. The van der Waals surface area contributed by atoms with Crippen LogP contribution in [-0.4, -0.2) is 85.5 Å². The first-order chi connectivity index (χ1) is 11.2. The fraction of sp³-hybridized carbons (Fsp3) is 0.875. The molecule has 3 heterocycles. The largest absolute Gasteiger partial charge is 0.368 e. The van der Waals surface area contributed by atoms with Gasteiger partial charge >= 0.3 is 0 Å². The number of hydrogen-bond acceptors (Lipinski definition) is 5. The number of carbonyl (C=O) groups excluding carboxylic acids is 1. The molecule has 1 amide bonds. The van der Waals surface area contributed by atoms with E-state index in [1.54, 1.807) is 4.31 Å². The molecule has 0 aromatic carbocycles. The zero-order valence-corrected chi connectivity index (χ0v) is 15.5. The maximum atomic E-state index is 12.1. The summed E-state index contributed by atoms with van der Waals surface area (Å²) in [5, 5.41) is 0. The molecule has 0 aromatic rings. The average Bonchev–Trinajstić information content (AvgIpc) is 3.07. The Morgan fingerprint density at radius 1 is 1.42 bits per heavy atom. The van der Waals surface area contributed by atoms with Crippen molar-refractivity contribution in [3.05, 3.63) is 6.42 Å². The molecule has 7 nitrogen and oxygen atoms in total. The van der Waals surface area contributed by atoms with Crippen LogP contribution < -0.4 is 5.73 Å². The van der Waals surface area contributed by atoms with E-state index in [2.05, 4.69) is 16.2 Å². The number of nitrogens with two attached hydrogens (primary N) is 1. The molecular weight excluding hydrogens is 328 g/mol. The summed E-state index contributed by atoms with van der Waals surface area (Å²) in [6.07, 6.45) is 8.03. The first-order valence-electron chi connectivity index (χ1n) is 8.78. The van der Waals surface area contributed by atoms with E-state index >= 15 is 0 Å². The Morgan fingerprint density at radius 2 is 2.17 bits per heavy atom. The molecule has 0 saturated carbocycles. The summed E-state index contributed by atoms with van der Waals surface area (Å²) in [6, 6.07) is 0.675. The van der Waals surface area contributed by atoms with Gasteiger partial charge in [0.05, 0.1) is 6.26 Å². The average molecular weight is 358 g/mol. The smallest absolute Gasteiger partial charge is 0.237 e. The van der Waals surface area contributed by atoms with E-state index < -0.39 is 15.6 Å². The van der Waals surface area contributed by atoms with Crippen LogP contribution in [0.15, 0.2) is 0 Å². The summed E-state index contributed by atoms with van der Waals surface area (Å²) >= 11 is 0. The van der Waals surface area contributed by atoms with Crippen LogP contribution in [-0.2, 0) is 14.8 Å². The van der Waals surface area contributed by atoms with Crippen LogP contribution in [0.5, 0.6) is 0 Å². The zero-order valence-electron chi connectivity index (χ0n) is 14.6. The van der Waals surface area contributed by atoms with Crippen molar-refractivity contribution in [3.63, 3.8) is 0 Å². The van der Waals surface area contributed by atoms with Crippen molar-refractivity contribution >= 4 is 15.9 Å². The first-order valence-corrected chi connectivity index (χ1v) is 10.6. The summed E-state index contributed by atoms with van der Waals surface area (Å²) in [6.45, 7) is 2.80. The maximum absolute atomic E-state index is 12.1. The third-order valence-electron chi connectivity index (χ3n) is 6.17. The lowest BCUT2D eigenvalue weighted by molar-refractivity contribution is -0.130. The van der Waals surface area contributed by atoms with Crippen LogP contribution in [0.1, 0.15) is 32.1 Å². The summed E-state index contributed by atoms with van der Waals surface area (Å²) < 4.78 is 24.9. The Kier molecular flexibility index (Phi) is 4.94. The molecule has 8 heteroatoms. The predicted molar refractivity (Wildman–Crippen MR) is 92.6 cm³/mol. The molecule has 1 radical (unpaired) electrons. The van der Waals surface area contributed by atoms with E-state index in [0.29, 0.717) is 19.1 Å². The number of amides is 1. The minimum atomic E-state index is -3.10. The predicted octanol–water partition coefficient (Wildman–Crippen LogP) is -0.361. The fourth-order valence-corrected chi connectivity index (χ4v) is 5.49. The second-order valence-electron chi connectivity index (χ2n) is 7.55. The van der Waals surface area contributed by atoms with Crippen LogP contribution in [0, 0.1) is 6.42 Å². The van der Waals surface area contributed by atoms with Crippen LogP contribution in [0.4, 0.5) is 0 Å². The molecule has 137 valence electrons. The van der Waals surface area contributed by atoms with Gasteiger partial charge in [-0.1, -0.05) is 0 Å². The lowest BCUT2D eigenvalue weighted by Gasteiger charge is -2.43. The number of hydrogen-bond donors (Lipinski definition) is 1. The van der Waals surface area contributed by atoms with Gasteiger partial charge in [-0.25, -0.2) is 12.7 Å². The first kappa shape index (κ1) is 18.1. The summed E-state index contributed by atoms with van der Waals surface area (Å²) in [5.41, 5.74) is 5.25. The van der Waals surface area contributed by atoms with Gasteiger partial charge < -0.3 is 10.6 Å². The van der Waals surface area contributed by atoms with Crippen molar-refractivity contribution in [2.24, 2.45) is 5.73 Å². The number of primary amides is 1. The Morgan fingerprint density at radius 3 is 2.79 bits per heavy atom. The second-order valence-corrected chi connectivity index (χ2v) is 9.54. The third kappa shape index (κ3) is 3.21. The van der Waals surface area contributed by atoms with Gasteiger partial charge in [0.1, 0.15) is 5.54 Å². The van der Waals surface area contributed by atoms with Gasteiger partial charge in [-0.05, 0) is 45.6 Å². The molecule has 3 fully saturated rings. The van der Waals surface area contributed by atoms with Gasteiger partial charge in [-0.15, -0.1) is 0 Å². The second kappa shape index (κ2) is 6.55. The molecular formula is C16H29N4O3S. The highest BCUT2D eigenvalue weighted by molar-refractivity contribution is 7.88.